The monoisotopic (exact) mass is 227 g/mol. The minimum Gasteiger partial charge on any atom is -0.368 e. The molecule has 1 aliphatic carbocycles. The average molecular weight is 227 g/mol. The molecular formula is C12H25N3O. The lowest BCUT2D eigenvalue weighted by Crippen LogP contribution is -2.47. The minimum atomic E-state index is -0.266. The van der Waals surface area contributed by atoms with E-state index in [1.807, 2.05) is 0 Å². The number of hydrogen-bond acceptors (Lipinski definition) is 3. The number of hydrogen-bond donors (Lipinski definition) is 2. The van der Waals surface area contributed by atoms with E-state index in [2.05, 4.69) is 17.3 Å². The fourth-order valence-electron chi connectivity index (χ4n) is 2.52. The number of amides is 1. The van der Waals surface area contributed by atoms with E-state index in [0.29, 0.717) is 6.54 Å². The predicted octanol–water partition coefficient (Wildman–Crippen LogP) is 0.572. The molecule has 0 heterocycles. The van der Waals surface area contributed by atoms with E-state index < -0.39 is 0 Å². The van der Waals surface area contributed by atoms with Crippen molar-refractivity contribution in [2.24, 2.45) is 11.7 Å². The maximum atomic E-state index is 11.1. The summed E-state index contributed by atoms with van der Waals surface area (Å²) in [4.78, 5) is 13.3. The van der Waals surface area contributed by atoms with Crippen LogP contribution in [0.4, 0.5) is 0 Å². The van der Waals surface area contributed by atoms with Crippen molar-refractivity contribution in [1.29, 1.82) is 0 Å². The van der Waals surface area contributed by atoms with Gasteiger partial charge < -0.3 is 16.0 Å². The van der Waals surface area contributed by atoms with Gasteiger partial charge in [-0.05, 0) is 32.9 Å². The lowest BCUT2D eigenvalue weighted by molar-refractivity contribution is -0.120. The minimum absolute atomic E-state index is 0.228. The smallest absolute Gasteiger partial charge is 0.235 e. The summed E-state index contributed by atoms with van der Waals surface area (Å²) in [7, 11) is 3.85. The molecule has 1 unspecified atom stereocenters. The first-order valence-electron chi connectivity index (χ1n) is 6.28. The highest BCUT2D eigenvalue weighted by Crippen LogP contribution is 2.23. The van der Waals surface area contributed by atoms with Crippen LogP contribution in [-0.2, 0) is 4.79 Å². The Bertz CT molecular complexity index is 214. The van der Waals surface area contributed by atoms with Gasteiger partial charge in [0, 0.05) is 13.1 Å². The first kappa shape index (κ1) is 13.5. The van der Waals surface area contributed by atoms with Gasteiger partial charge in [0.2, 0.25) is 5.91 Å². The summed E-state index contributed by atoms with van der Waals surface area (Å²) >= 11 is 0. The third kappa shape index (κ3) is 4.49. The molecule has 0 spiro atoms. The molecule has 1 saturated carbocycles. The second-order valence-electron chi connectivity index (χ2n) is 4.97. The summed E-state index contributed by atoms with van der Waals surface area (Å²) in [5.74, 6) is 0.544. The van der Waals surface area contributed by atoms with Gasteiger partial charge in [-0.2, -0.15) is 0 Å². The van der Waals surface area contributed by atoms with Gasteiger partial charge in [0.25, 0.3) is 0 Å². The molecule has 1 aliphatic rings. The van der Waals surface area contributed by atoms with E-state index in [9.17, 15) is 4.79 Å². The molecule has 0 aromatic heterocycles. The SMILES string of the molecule is CNC(CN(C)CC1CCCCC1)C(N)=O. The van der Waals surface area contributed by atoms with Gasteiger partial charge in [-0.15, -0.1) is 0 Å². The Hall–Kier alpha value is -0.610. The van der Waals surface area contributed by atoms with Crippen LogP contribution in [0.25, 0.3) is 0 Å². The zero-order chi connectivity index (χ0) is 12.0. The second-order valence-corrected chi connectivity index (χ2v) is 4.97. The Labute approximate surface area is 98.6 Å². The van der Waals surface area contributed by atoms with Crippen LogP contribution >= 0.6 is 0 Å². The van der Waals surface area contributed by atoms with Crippen molar-refractivity contribution in [3.63, 3.8) is 0 Å². The van der Waals surface area contributed by atoms with Gasteiger partial charge in [0.1, 0.15) is 0 Å². The van der Waals surface area contributed by atoms with E-state index in [0.717, 1.165) is 12.5 Å². The van der Waals surface area contributed by atoms with Gasteiger partial charge in [-0.3, -0.25) is 4.79 Å². The second kappa shape index (κ2) is 6.86. The summed E-state index contributed by atoms with van der Waals surface area (Å²) in [6.45, 7) is 1.80. The topological polar surface area (TPSA) is 58.4 Å². The van der Waals surface area contributed by atoms with Gasteiger partial charge in [-0.1, -0.05) is 19.3 Å². The maximum absolute atomic E-state index is 11.1. The van der Waals surface area contributed by atoms with Crippen molar-refractivity contribution in [2.75, 3.05) is 27.2 Å². The van der Waals surface area contributed by atoms with Crippen LogP contribution in [0.3, 0.4) is 0 Å². The number of likely N-dealkylation sites (N-methyl/N-ethyl adjacent to an activating group) is 2. The normalized spacial score (nSPS) is 19.9. The Balaban J connectivity index is 2.27. The Morgan fingerprint density at radius 2 is 2.06 bits per heavy atom. The van der Waals surface area contributed by atoms with Gasteiger partial charge in [0.15, 0.2) is 0 Å². The molecule has 1 amide bonds. The lowest BCUT2D eigenvalue weighted by Gasteiger charge is -2.28. The van der Waals surface area contributed by atoms with Crippen LogP contribution in [0.5, 0.6) is 0 Å². The fourth-order valence-corrected chi connectivity index (χ4v) is 2.52. The zero-order valence-electron chi connectivity index (χ0n) is 10.5. The van der Waals surface area contributed by atoms with Crippen LogP contribution in [0.2, 0.25) is 0 Å². The number of nitrogens with two attached hydrogens (primary N) is 1. The molecule has 4 nitrogen and oxygen atoms in total. The quantitative estimate of drug-likeness (QED) is 0.697. The first-order chi connectivity index (χ1) is 7.63. The molecule has 3 N–H and O–H groups in total. The molecule has 0 saturated heterocycles. The van der Waals surface area contributed by atoms with Crippen molar-refractivity contribution >= 4 is 5.91 Å². The molecule has 1 rings (SSSR count). The standard InChI is InChI=1S/C12H25N3O/c1-14-11(12(13)16)9-15(2)8-10-6-4-3-5-7-10/h10-11,14H,3-9H2,1-2H3,(H2,13,16). The molecule has 94 valence electrons. The highest BCUT2D eigenvalue weighted by molar-refractivity contribution is 5.80. The lowest BCUT2D eigenvalue weighted by atomic mass is 9.89. The van der Waals surface area contributed by atoms with Gasteiger partial charge in [-0.25, -0.2) is 0 Å². The van der Waals surface area contributed by atoms with Crippen molar-refractivity contribution in [3.8, 4) is 0 Å². The van der Waals surface area contributed by atoms with Crippen molar-refractivity contribution in [3.05, 3.63) is 0 Å². The fraction of sp³-hybridized carbons (Fsp3) is 0.917. The molecule has 0 aromatic rings. The van der Waals surface area contributed by atoms with E-state index in [1.165, 1.54) is 32.1 Å². The molecular weight excluding hydrogens is 202 g/mol. The van der Waals surface area contributed by atoms with Crippen LogP contribution in [0.15, 0.2) is 0 Å². The van der Waals surface area contributed by atoms with E-state index >= 15 is 0 Å². The Morgan fingerprint density at radius 1 is 1.44 bits per heavy atom. The molecule has 0 aromatic carbocycles. The molecule has 4 heteroatoms. The first-order valence-corrected chi connectivity index (χ1v) is 6.28. The van der Waals surface area contributed by atoms with Gasteiger partial charge >= 0.3 is 0 Å². The zero-order valence-corrected chi connectivity index (χ0v) is 10.5. The maximum Gasteiger partial charge on any atom is 0.235 e. The van der Waals surface area contributed by atoms with Crippen molar-refractivity contribution < 1.29 is 4.79 Å². The third-order valence-electron chi connectivity index (χ3n) is 3.48. The number of nitrogens with zero attached hydrogens (tertiary/aromatic N) is 1. The summed E-state index contributed by atoms with van der Waals surface area (Å²) < 4.78 is 0. The highest BCUT2D eigenvalue weighted by atomic mass is 16.1. The molecule has 16 heavy (non-hydrogen) atoms. The predicted molar refractivity (Wildman–Crippen MR) is 66.1 cm³/mol. The van der Waals surface area contributed by atoms with Crippen molar-refractivity contribution in [1.82, 2.24) is 10.2 Å². The highest BCUT2D eigenvalue weighted by Gasteiger charge is 2.19. The molecule has 1 atom stereocenters. The summed E-state index contributed by atoms with van der Waals surface area (Å²) in [5.41, 5.74) is 5.30. The van der Waals surface area contributed by atoms with Crippen LogP contribution in [-0.4, -0.2) is 44.0 Å². The largest absolute Gasteiger partial charge is 0.368 e. The van der Waals surface area contributed by atoms with Crippen molar-refractivity contribution in [2.45, 2.75) is 38.1 Å². The van der Waals surface area contributed by atoms with E-state index in [-0.39, 0.29) is 11.9 Å². The number of primary amides is 1. The summed E-state index contributed by atoms with van der Waals surface area (Å²) in [6, 6.07) is -0.228. The van der Waals surface area contributed by atoms with E-state index in [4.69, 9.17) is 5.73 Å². The third-order valence-corrected chi connectivity index (χ3v) is 3.48. The molecule has 0 bridgehead atoms. The Kier molecular flexibility index (Phi) is 5.77. The van der Waals surface area contributed by atoms with Crippen LogP contribution in [0.1, 0.15) is 32.1 Å². The number of carbonyl (C=O) groups excluding carboxylic acids is 1. The number of nitrogens with one attached hydrogen (secondary N) is 1. The van der Waals surface area contributed by atoms with Crippen LogP contribution < -0.4 is 11.1 Å². The number of rotatable bonds is 6. The molecule has 0 radical (unpaired) electrons. The van der Waals surface area contributed by atoms with Crippen LogP contribution in [0, 0.1) is 5.92 Å². The summed E-state index contributed by atoms with van der Waals surface area (Å²) in [5, 5.41) is 2.95. The number of carbonyl (C=O) groups is 1. The molecule has 0 aliphatic heterocycles. The molecule has 1 fully saturated rings. The van der Waals surface area contributed by atoms with Gasteiger partial charge in [0.05, 0.1) is 6.04 Å². The van der Waals surface area contributed by atoms with E-state index in [1.54, 1.807) is 7.05 Å². The Morgan fingerprint density at radius 3 is 2.56 bits per heavy atom. The summed E-state index contributed by atoms with van der Waals surface area (Å²) in [6.07, 6.45) is 6.80. The average Bonchev–Trinajstić information content (AvgIpc) is 2.27.